The highest BCUT2D eigenvalue weighted by molar-refractivity contribution is 5.78. The Morgan fingerprint density at radius 1 is 1.33 bits per heavy atom. The predicted octanol–water partition coefficient (Wildman–Crippen LogP) is 2.20. The van der Waals surface area contributed by atoms with Crippen LogP contribution >= 0.6 is 0 Å². The van der Waals surface area contributed by atoms with Gasteiger partial charge in [-0.2, -0.15) is 0 Å². The van der Waals surface area contributed by atoms with Gasteiger partial charge in [0, 0.05) is 37.1 Å². The quantitative estimate of drug-likeness (QED) is 0.773. The molecular formula is C19H34N2O3. The van der Waals surface area contributed by atoms with E-state index < -0.39 is 0 Å². The van der Waals surface area contributed by atoms with Gasteiger partial charge in [-0.15, -0.1) is 0 Å². The second kappa shape index (κ2) is 8.15. The Balaban J connectivity index is 1.49. The Hall–Kier alpha value is -0.650. The van der Waals surface area contributed by atoms with E-state index >= 15 is 0 Å². The van der Waals surface area contributed by atoms with Gasteiger partial charge in [-0.1, -0.05) is 19.3 Å². The molecule has 3 rings (SSSR count). The van der Waals surface area contributed by atoms with Gasteiger partial charge in [0.1, 0.15) is 0 Å². The number of hydrogen-bond donors (Lipinski definition) is 1. The predicted molar refractivity (Wildman–Crippen MR) is 93.9 cm³/mol. The van der Waals surface area contributed by atoms with E-state index in [4.69, 9.17) is 9.47 Å². The van der Waals surface area contributed by atoms with Crippen molar-refractivity contribution in [2.45, 2.75) is 64.0 Å². The summed E-state index contributed by atoms with van der Waals surface area (Å²) >= 11 is 0. The monoisotopic (exact) mass is 338 g/mol. The van der Waals surface area contributed by atoms with Gasteiger partial charge in [-0.25, -0.2) is 0 Å². The molecule has 2 aliphatic carbocycles. The summed E-state index contributed by atoms with van der Waals surface area (Å²) in [6.45, 7) is 5.77. The Bertz CT molecular complexity index is 417. The van der Waals surface area contributed by atoms with Crippen LogP contribution in [0.1, 0.15) is 51.9 Å². The number of ether oxygens (including phenoxy) is 2. The second-order valence-electron chi connectivity index (χ2n) is 7.94. The van der Waals surface area contributed by atoms with Crippen LogP contribution in [-0.2, 0) is 14.3 Å². The Morgan fingerprint density at radius 2 is 2.12 bits per heavy atom. The van der Waals surface area contributed by atoms with E-state index in [-0.39, 0.29) is 5.91 Å². The van der Waals surface area contributed by atoms with Gasteiger partial charge >= 0.3 is 0 Å². The molecule has 1 saturated heterocycles. The molecule has 2 saturated carbocycles. The topological polar surface area (TPSA) is 50.8 Å². The van der Waals surface area contributed by atoms with Crippen molar-refractivity contribution in [3.05, 3.63) is 0 Å². The molecule has 0 bridgehead atoms. The number of likely N-dealkylation sites (N-methyl/N-ethyl adjacent to an activating group) is 1. The molecule has 0 aromatic rings. The summed E-state index contributed by atoms with van der Waals surface area (Å²) in [6.07, 6.45) is 9.02. The normalized spacial score (nSPS) is 32.0. The third-order valence-electron chi connectivity index (χ3n) is 6.43. The molecule has 3 atom stereocenters. The van der Waals surface area contributed by atoms with Crippen molar-refractivity contribution < 1.29 is 14.3 Å². The minimum absolute atomic E-state index is 0.148. The highest BCUT2D eigenvalue weighted by Gasteiger charge is 2.56. The SMILES string of the molecule is CCO[C@@H]1C[C@H](N(C)CC(=O)NC[C@H]2CCOC2)C12CCCCC2. The molecule has 138 valence electrons. The lowest BCUT2D eigenvalue weighted by molar-refractivity contribution is -0.179. The second-order valence-corrected chi connectivity index (χ2v) is 7.94. The van der Waals surface area contributed by atoms with Crippen molar-refractivity contribution in [2.24, 2.45) is 11.3 Å². The zero-order valence-corrected chi connectivity index (χ0v) is 15.4. The zero-order valence-electron chi connectivity index (χ0n) is 15.4. The molecule has 3 fully saturated rings. The zero-order chi connectivity index (χ0) is 17.0. The van der Waals surface area contributed by atoms with E-state index in [0.717, 1.165) is 39.2 Å². The van der Waals surface area contributed by atoms with Crippen LogP contribution in [0.25, 0.3) is 0 Å². The largest absolute Gasteiger partial charge is 0.381 e. The van der Waals surface area contributed by atoms with Crippen molar-refractivity contribution in [1.82, 2.24) is 10.2 Å². The van der Waals surface area contributed by atoms with Gasteiger partial charge in [-0.05, 0) is 39.7 Å². The van der Waals surface area contributed by atoms with Gasteiger partial charge in [-0.3, -0.25) is 9.69 Å². The number of carbonyl (C=O) groups is 1. The fourth-order valence-electron chi connectivity index (χ4n) is 5.04. The average molecular weight is 338 g/mol. The van der Waals surface area contributed by atoms with E-state index in [1.165, 1.54) is 32.1 Å². The first-order valence-corrected chi connectivity index (χ1v) is 9.82. The van der Waals surface area contributed by atoms with Crippen molar-refractivity contribution in [1.29, 1.82) is 0 Å². The van der Waals surface area contributed by atoms with Crippen LogP contribution < -0.4 is 5.32 Å². The maximum absolute atomic E-state index is 12.3. The van der Waals surface area contributed by atoms with Gasteiger partial charge in [0.25, 0.3) is 0 Å². The molecule has 5 nitrogen and oxygen atoms in total. The van der Waals surface area contributed by atoms with E-state index in [9.17, 15) is 4.79 Å². The first-order chi connectivity index (χ1) is 11.7. The lowest BCUT2D eigenvalue weighted by atomic mass is 9.54. The van der Waals surface area contributed by atoms with Crippen molar-refractivity contribution >= 4 is 5.91 Å². The fourth-order valence-corrected chi connectivity index (χ4v) is 5.04. The molecular weight excluding hydrogens is 304 g/mol. The van der Waals surface area contributed by atoms with Gasteiger partial charge in [0.15, 0.2) is 0 Å². The summed E-state index contributed by atoms with van der Waals surface area (Å²) in [5.74, 6) is 0.644. The van der Waals surface area contributed by atoms with E-state index in [1.807, 2.05) is 0 Å². The van der Waals surface area contributed by atoms with Crippen LogP contribution in [-0.4, -0.2) is 62.9 Å². The molecule has 24 heavy (non-hydrogen) atoms. The smallest absolute Gasteiger partial charge is 0.234 e. The maximum Gasteiger partial charge on any atom is 0.234 e. The first-order valence-electron chi connectivity index (χ1n) is 9.82. The summed E-state index contributed by atoms with van der Waals surface area (Å²) in [5, 5.41) is 3.09. The van der Waals surface area contributed by atoms with Gasteiger partial charge < -0.3 is 14.8 Å². The molecule has 0 aromatic heterocycles. The molecule has 5 heteroatoms. The molecule has 0 radical (unpaired) electrons. The Labute approximate surface area is 146 Å². The van der Waals surface area contributed by atoms with Crippen LogP contribution in [0.3, 0.4) is 0 Å². The maximum atomic E-state index is 12.3. The lowest BCUT2D eigenvalue weighted by Gasteiger charge is -2.60. The number of amides is 1. The number of nitrogens with one attached hydrogen (secondary N) is 1. The Kier molecular flexibility index (Phi) is 6.17. The molecule has 0 unspecified atom stereocenters. The molecule has 0 aromatic carbocycles. The molecule has 1 spiro atoms. The summed E-state index contributed by atoms with van der Waals surface area (Å²) in [6, 6.07) is 0.495. The molecule has 1 N–H and O–H groups in total. The lowest BCUT2D eigenvalue weighted by Crippen LogP contribution is -2.65. The van der Waals surface area contributed by atoms with Crippen LogP contribution in [0.2, 0.25) is 0 Å². The molecule has 1 amide bonds. The van der Waals surface area contributed by atoms with E-state index in [0.29, 0.717) is 30.0 Å². The molecule has 1 heterocycles. The number of rotatable bonds is 7. The standard InChI is InChI=1S/C19H34N2O3/c1-3-24-17-11-16(19(17)8-5-4-6-9-19)21(2)13-18(22)20-12-15-7-10-23-14-15/h15-17H,3-14H2,1-2H3,(H,20,22)/t15-,16+,17-/m1/s1. The average Bonchev–Trinajstić information content (AvgIpc) is 3.10. The first kappa shape index (κ1) is 18.2. The number of carbonyl (C=O) groups excluding carboxylic acids is 1. The third kappa shape index (κ3) is 3.78. The molecule has 1 aliphatic heterocycles. The summed E-state index contributed by atoms with van der Waals surface area (Å²) < 4.78 is 11.4. The van der Waals surface area contributed by atoms with Gasteiger partial charge in [0.05, 0.1) is 19.3 Å². The van der Waals surface area contributed by atoms with Crippen molar-refractivity contribution in [3.8, 4) is 0 Å². The summed E-state index contributed by atoms with van der Waals surface area (Å²) in [4.78, 5) is 14.6. The van der Waals surface area contributed by atoms with Crippen LogP contribution in [0, 0.1) is 11.3 Å². The van der Waals surface area contributed by atoms with Crippen LogP contribution in [0.4, 0.5) is 0 Å². The van der Waals surface area contributed by atoms with Gasteiger partial charge in [0.2, 0.25) is 5.91 Å². The van der Waals surface area contributed by atoms with Crippen LogP contribution in [0.5, 0.6) is 0 Å². The molecule has 3 aliphatic rings. The number of nitrogens with zero attached hydrogens (tertiary/aromatic N) is 1. The Morgan fingerprint density at radius 3 is 2.79 bits per heavy atom. The summed E-state index contributed by atoms with van der Waals surface area (Å²) in [5.41, 5.74) is 0.294. The highest BCUT2D eigenvalue weighted by Crippen LogP contribution is 2.55. The van der Waals surface area contributed by atoms with E-state index in [1.54, 1.807) is 0 Å². The van der Waals surface area contributed by atoms with Crippen molar-refractivity contribution in [3.63, 3.8) is 0 Å². The van der Waals surface area contributed by atoms with E-state index in [2.05, 4.69) is 24.2 Å². The fraction of sp³-hybridized carbons (Fsp3) is 0.947. The minimum atomic E-state index is 0.148. The summed E-state index contributed by atoms with van der Waals surface area (Å²) in [7, 11) is 2.11. The highest BCUT2D eigenvalue weighted by atomic mass is 16.5. The minimum Gasteiger partial charge on any atom is -0.381 e. The van der Waals surface area contributed by atoms with Crippen LogP contribution in [0.15, 0.2) is 0 Å². The third-order valence-corrected chi connectivity index (χ3v) is 6.43. The number of hydrogen-bond acceptors (Lipinski definition) is 4. The van der Waals surface area contributed by atoms with Crippen molar-refractivity contribution in [2.75, 3.05) is 40.0 Å².